The van der Waals surface area contributed by atoms with E-state index in [1.54, 1.807) is 5.38 Å². The van der Waals surface area contributed by atoms with Crippen LogP contribution >= 0.6 is 11.3 Å². The van der Waals surface area contributed by atoms with Crippen LogP contribution in [0.5, 0.6) is 0 Å². The first-order valence-electron chi connectivity index (χ1n) is 5.35. The van der Waals surface area contributed by atoms with Crippen LogP contribution in [-0.4, -0.2) is 19.2 Å². The minimum absolute atomic E-state index is 0.162. The van der Waals surface area contributed by atoms with Crippen LogP contribution in [0.25, 0.3) is 0 Å². The highest BCUT2D eigenvalue weighted by molar-refractivity contribution is 7.93. The van der Waals surface area contributed by atoms with E-state index in [1.807, 2.05) is 30.3 Å². The van der Waals surface area contributed by atoms with Crippen LogP contribution in [0.1, 0.15) is 12.0 Å². The summed E-state index contributed by atoms with van der Waals surface area (Å²) in [6.07, 6.45) is 2.94. The van der Waals surface area contributed by atoms with Gasteiger partial charge in [-0.3, -0.25) is 0 Å². The van der Waals surface area contributed by atoms with Crippen LogP contribution < -0.4 is 0 Å². The molecule has 0 saturated heterocycles. The quantitative estimate of drug-likeness (QED) is 0.836. The van der Waals surface area contributed by atoms with Gasteiger partial charge < -0.3 is 0 Å². The van der Waals surface area contributed by atoms with Crippen LogP contribution in [0.4, 0.5) is 0 Å². The Morgan fingerprint density at radius 2 is 1.94 bits per heavy atom. The summed E-state index contributed by atoms with van der Waals surface area (Å²) in [5, 5.41) is 1.68. The second kappa shape index (κ2) is 5.42. The number of hydrogen-bond donors (Lipinski definition) is 0. The summed E-state index contributed by atoms with van der Waals surface area (Å²) < 4.78 is 23.9. The van der Waals surface area contributed by atoms with Gasteiger partial charge in [0.15, 0.2) is 0 Å². The maximum Gasteiger partial charge on any atom is 0.209 e. The summed E-state index contributed by atoms with van der Waals surface area (Å²) in [6, 6.07) is 9.90. The molecule has 0 bridgehead atoms. The average Bonchev–Trinajstić information content (AvgIpc) is 2.84. The maximum absolute atomic E-state index is 11.8. The van der Waals surface area contributed by atoms with Crippen molar-refractivity contribution >= 4 is 21.2 Å². The second-order valence-corrected chi connectivity index (χ2v) is 6.88. The third-order valence-corrected chi connectivity index (χ3v) is 5.48. The van der Waals surface area contributed by atoms with Crippen molar-refractivity contribution in [2.24, 2.45) is 0 Å². The molecule has 0 unspecified atom stereocenters. The van der Waals surface area contributed by atoms with E-state index in [0.29, 0.717) is 6.42 Å². The summed E-state index contributed by atoms with van der Waals surface area (Å²) in [7, 11) is -3.18. The van der Waals surface area contributed by atoms with Gasteiger partial charge in [0.1, 0.15) is 0 Å². The number of nitrogens with zero attached hydrogens (tertiary/aromatic N) is 1. The van der Waals surface area contributed by atoms with Crippen molar-refractivity contribution in [1.29, 1.82) is 0 Å². The lowest BCUT2D eigenvalue weighted by Crippen LogP contribution is -2.07. The number of aryl methyl sites for hydroxylation is 1. The van der Waals surface area contributed by atoms with Crippen LogP contribution in [-0.2, 0) is 16.3 Å². The first-order valence-corrected chi connectivity index (χ1v) is 7.88. The molecule has 3 nitrogen and oxygen atoms in total. The molecule has 0 aliphatic carbocycles. The monoisotopic (exact) mass is 267 g/mol. The first-order chi connectivity index (χ1) is 8.18. The molecule has 90 valence electrons. The van der Waals surface area contributed by atoms with Gasteiger partial charge in [-0.15, -0.1) is 11.3 Å². The minimum atomic E-state index is -3.18. The van der Waals surface area contributed by atoms with Gasteiger partial charge in [0.05, 0.1) is 5.75 Å². The molecular formula is C12H13NO2S2. The molecule has 17 heavy (non-hydrogen) atoms. The number of sulfone groups is 1. The molecule has 0 saturated carbocycles. The Morgan fingerprint density at radius 1 is 1.18 bits per heavy atom. The molecule has 0 spiro atoms. The van der Waals surface area contributed by atoms with Gasteiger partial charge in [0.2, 0.25) is 14.2 Å². The lowest BCUT2D eigenvalue weighted by Gasteiger charge is -2.01. The standard InChI is InChI=1S/C12H13NO2S2/c14-17(15,12-13-8-9-16-12)10-4-7-11-5-2-1-3-6-11/h1-3,5-6,8-9H,4,7,10H2. The van der Waals surface area contributed by atoms with Crippen molar-refractivity contribution in [2.45, 2.75) is 17.2 Å². The third-order valence-electron chi connectivity index (χ3n) is 2.40. The Bertz CT molecular complexity index is 547. The Kier molecular flexibility index (Phi) is 3.91. The molecule has 5 heteroatoms. The van der Waals surface area contributed by atoms with Crippen molar-refractivity contribution in [1.82, 2.24) is 4.98 Å². The van der Waals surface area contributed by atoms with E-state index in [1.165, 1.54) is 23.1 Å². The molecule has 2 rings (SSSR count). The molecule has 0 aliphatic heterocycles. The fraction of sp³-hybridized carbons (Fsp3) is 0.250. The zero-order chi connectivity index (χ0) is 12.1. The van der Waals surface area contributed by atoms with E-state index in [4.69, 9.17) is 0 Å². The van der Waals surface area contributed by atoms with Gasteiger partial charge in [-0.25, -0.2) is 13.4 Å². The molecule has 0 fully saturated rings. The van der Waals surface area contributed by atoms with Crippen molar-refractivity contribution in [3.8, 4) is 0 Å². The van der Waals surface area contributed by atoms with Gasteiger partial charge in [0.25, 0.3) is 0 Å². The smallest absolute Gasteiger partial charge is 0.209 e. The Balaban J connectivity index is 1.91. The van der Waals surface area contributed by atoms with E-state index in [-0.39, 0.29) is 10.1 Å². The van der Waals surface area contributed by atoms with Gasteiger partial charge in [0, 0.05) is 11.6 Å². The molecule has 1 aromatic carbocycles. The van der Waals surface area contributed by atoms with E-state index in [2.05, 4.69) is 4.98 Å². The predicted molar refractivity (Wildman–Crippen MR) is 68.9 cm³/mol. The lowest BCUT2D eigenvalue weighted by molar-refractivity contribution is 0.592. The van der Waals surface area contributed by atoms with Gasteiger partial charge >= 0.3 is 0 Å². The molecule has 0 amide bonds. The van der Waals surface area contributed by atoms with Crippen molar-refractivity contribution in [3.63, 3.8) is 0 Å². The summed E-state index contributed by atoms with van der Waals surface area (Å²) in [4.78, 5) is 3.84. The largest absolute Gasteiger partial charge is 0.234 e. The summed E-state index contributed by atoms with van der Waals surface area (Å²) >= 11 is 1.18. The molecule has 0 N–H and O–H groups in total. The highest BCUT2D eigenvalue weighted by Gasteiger charge is 2.16. The first kappa shape index (κ1) is 12.3. The lowest BCUT2D eigenvalue weighted by atomic mass is 10.1. The Labute approximate surface area is 105 Å². The number of aromatic nitrogens is 1. The molecule has 2 aromatic rings. The van der Waals surface area contributed by atoms with E-state index in [0.717, 1.165) is 6.42 Å². The molecule has 1 heterocycles. The summed E-state index contributed by atoms with van der Waals surface area (Å²) in [6.45, 7) is 0. The molecule has 0 atom stereocenters. The second-order valence-electron chi connectivity index (χ2n) is 3.71. The molecule has 0 aliphatic rings. The van der Waals surface area contributed by atoms with E-state index >= 15 is 0 Å². The number of benzene rings is 1. The van der Waals surface area contributed by atoms with Crippen molar-refractivity contribution in [2.75, 3.05) is 5.75 Å². The minimum Gasteiger partial charge on any atom is -0.234 e. The molecular weight excluding hydrogens is 254 g/mol. The van der Waals surface area contributed by atoms with Gasteiger partial charge in [-0.05, 0) is 18.4 Å². The third kappa shape index (κ3) is 3.38. The Morgan fingerprint density at radius 3 is 2.59 bits per heavy atom. The van der Waals surface area contributed by atoms with Crippen molar-refractivity contribution < 1.29 is 8.42 Å². The normalized spacial score (nSPS) is 11.5. The highest BCUT2D eigenvalue weighted by atomic mass is 32.2. The number of rotatable bonds is 5. The number of thiazole rings is 1. The van der Waals surface area contributed by atoms with E-state index < -0.39 is 9.84 Å². The van der Waals surface area contributed by atoms with Gasteiger partial charge in [-0.1, -0.05) is 30.3 Å². The molecule has 0 radical (unpaired) electrons. The number of hydrogen-bond acceptors (Lipinski definition) is 4. The van der Waals surface area contributed by atoms with Crippen LogP contribution in [0, 0.1) is 0 Å². The van der Waals surface area contributed by atoms with Crippen LogP contribution in [0.2, 0.25) is 0 Å². The summed E-state index contributed by atoms with van der Waals surface area (Å²) in [5.74, 6) is 0.162. The predicted octanol–water partition coefficient (Wildman–Crippen LogP) is 2.55. The van der Waals surface area contributed by atoms with Gasteiger partial charge in [-0.2, -0.15) is 0 Å². The van der Waals surface area contributed by atoms with Crippen LogP contribution in [0.3, 0.4) is 0 Å². The SMILES string of the molecule is O=S(=O)(CCCc1ccccc1)c1nccs1. The van der Waals surface area contributed by atoms with Crippen LogP contribution in [0.15, 0.2) is 46.2 Å². The zero-order valence-electron chi connectivity index (χ0n) is 9.24. The summed E-state index contributed by atoms with van der Waals surface area (Å²) in [5.41, 5.74) is 1.17. The highest BCUT2D eigenvalue weighted by Crippen LogP contribution is 2.15. The Hall–Kier alpha value is -1.20. The van der Waals surface area contributed by atoms with Crippen molar-refractivity contribution in [3.05, 3.63) is 47.5 Å². The fourth-order valence-electron chi connectivity index (χ4n) is 1.56. The zero-order valence-corrected chi connectivity index (χ0v) is 10.9. The maximum atomic E-state index is 11.8. The topological polar surface area (TPSA) is 47.0 Å². The fourth-order valence-corrected chi connectivity index (χ4v) is 3.85. The molecule has 1 aromatic heterocycles. The van der Waals surface area contributed by atoms with E-state index in [9.17, 15) is 8.42 Å². The average molecular weight is 267 g/mol.